The molecule has 2 atom stereocenters. The highest BCUT2D eigenvalue weighted by Crippen LogP contribution is 2.43. The minimum Gasteiger partial charge on any atom is -0.370 e. The van der Waals surface area contributed by atoms with E-state index in [9.17, 15) is 14.3 Å². The van der Waals surface area contributed by atoms with Gasteiger partial charge in [-0.1, -0.05) is 64.7 Å². The van der Waals surface area contributed by atoms with Gasteiger partial charge in [-0.15, -0.1) is 0 Å². The summed E-state index contributed by atoms with van der Waals surface area (Å²) in [7, 11) is -4.43. The molecule has 0 saturated carbocycles. The highest BCUT2D eigenvalue weighted by molar-refractivity contribution is 7.48. The van der Waals surface area contributed by atoms with Crippen LogP contribution in [-0.4, -0.2) is 36.0 Å². The predicted octanol–water partition coefficient (Wildman–Crippen LogP) is 3.16. The maximum atomic E-state index is 11.8. The molecule has 0 aliphatic carbocycles. The van der Waals surface area contributed by atoms with E-state index in [1.54, 1.807) is 0 Å². The largest absolute Gasteiger partial charge is 0.529 e. The Morgan fingerprint density at radius 1 is 1.07 bits per heavy atom. The Morgan fingerprint density at radius 3 is 2.14 bits per heavy atom. The average molecular weight is 423 g/mol. The highest BCUT2D eigenvalue weighted by Gasteiger charge is 2.28. The van der Waals surface area contributed by atoms with E-state index < -0.39 is 19.8 Å². The molecule has 0 aromatic carbocycles. The summed E-state index contributed by atoms with van der Waals surface area (Å²) in [5.41, 5.74) is 10.8. The van der Waals surface area contributed by atoms with Gasteiger partial charge in [-0.2, -0.15) is 0 Å². The zero-order chi connectivity index (χ0) is 21.3. The monoisotopic (exact) mass is 422 g/mol. The van der Waals surface area contributed by atoms with Gasteiger partial charge in [0.2, 0.25) is 0 Å². The lowest BCUT2D eigenvalue weighted by Gasteiger charge is -2.15. The lowest BCUT2D eigenvalue weighted by molar-refractivity contribution is -0.137. The van der Waals surface area contributed by atoms with Crippen molar-refractivity contribution in [2.24, 2.45) is 11.5 Å². The van der Waals surface area contributed by atoms with Gasteiger partial charge in [0.05, 0.1) is 6.61 Å². The van der Waals surface area contributed by atoms with E-state index in [2.05, 4.69) is 16.8 Å². The van der Waals surface area contributed by atoms with E-state index in [0.29, 0.717) is 19.4 Å². The number of hydrogen-bond acceptors (Lipinski definition) is 6. The third-order valence-electron chi connectivity index (χ3n) is 4.27. The van der Waals surface area contributed by atoms with E-state index in [4.69, 9.17) is 21.4 Å². The molecule has 0 aromatic rings. The van der Waals surface area contributed by atoms with Crippen molar-refractivity contribution in [3.8, 4) is 0 Å². The fraction of sp³-hybridized carbons (Fsp3) is 0.889. The van der Waals surface area contributed by atoms with E-state index in [1.807, 2.05) is 0 Å². The van der Waals surface area contributed by atoms with Crippen molar-refractivity contribution in [3.63, 3.8) is 0 Å². The number of carbonyl (C=O) groups is 1. The molecule has 0 aromatic heterocycles. The van der Waals surface area contributed by atoms with Crippen molar-refractivity contribution in [2.45, 2.75) is 90.0 Å². The quantitative estimate of drug-likeness (QED) is 0.0974. The van der Waals surface area contributed by atoms with Crippen LogP contribution in [0.1, 0.15) is 84.0 Å². The molecule has 7 N–H and O–H groups in total. The third-order valence-corrected chi connectivity index (χ3v) is 5.19. The fourth-order valence-electron chi connectivity index (χ4n) is 2.64. The Balaban J connectivity index is 3.71. The first-order valence-corrected chi connectivity index (χ1v) is 11.8. The van der Waals surface area contributed by atoms with Crippen LogP contribution in [0.15, 0.2) is 0 Å². The molecule has 9 nitrogen and oxygen atoms in total. The van der Waals surface area contributed by atoms with Crippen LogP contribution in [0.4, 0.5) is 0 Å². The summed E-state index contributed by atoms with van der Waals surface area (Å²) in [5.74, 6) is -1.15. The van der Waals surface area contributed by atoms with Crippen LogP contribution < -0.4 is 16.8 Å². The molecule has 10 heteroatoms. The first-order chi connectivity index (χ1) is 13.3. The Bertz CT molecular complexity index is 479. The maximum absolute atomic E-state index is 11.8. The van der Waals surface area contributed by atoms with E-state index >= 15 is 0 Å². The molecule has 1 unspecified atom stereocenters. The minimum absolute atomic E-state index is 0.0648. The zero-order valence-electron chi connectivity index (χ0n) is 17.2. The number of guanidine groups is 1. The van der Waals surface area contributed by atoms with Gasteiger partial charge >= 0.3 is 13.8 Å². The number of rotatable bonds is 18. The lowest BCUT2D eigenvalue weighted by Crippen LogP contribution is -2.35. The second-order valence-electron chi connectivity index (χ2n) is 6.98. The molecule has 0 aliphatic heterocycles. The molecule has 0 saturated heterocycles. The number of unbranched alkanes of at least 4 members (excludes halogenated alkanes) is 9. The molecule has 0 radical (unpaired) electrons. The van der Waals surface area contributed by atoms with Gasteiger partial charge in [-0.05, 0) is 19.3 Å². The molecule has 0 amide bonds. The molecule has 0 rings (SSSR count). The van der Waals surface area contributed by atoms with Crippen molar-refractivity contribution in [2.75, 3.05) is 13.2 Å². The molecule has 0 spiro atoms. The molecule has 0 heterocycles. The number of hydrogen-bond donors (Lipinski definition) is 5. The Labute approximate surface area is 169 Å². The number of carbonyl (C=O) groups excluding carboxylic acids is 1. The zero-order valence-corrected chi connectivity index (χ0v) is 18.1. The van der Waals surface area contributed by atoms with Gasteiger partial charge in [0.25, 0.3) is 0 Å². The number of phosphoric acid groups is 1. The summed E-state index contributed by atoms with van der Waals surface area (Å²) < 4.78 is 21.1. The summed E-state index contributed by atoms with van der Waals surface area (Å²) >= 11 is 0. The van der Waals surface area contributed by atoms with Crippen LogP contribution >= 0.6 is 7.82 Å². The van der Waals surface area contributed by atoms with E-state index in [-0.39, 0.29) is 19.0 Å². The molecular weight excluding hydrogens is 383 g/mol. The van der Waals surface area contributed by atoms with Crippen LogP contribution in [0, 0.1) is 5.41 Å². The van der Waals surface area contributed by atoms with Crippen molar-refractivity contribution >= 4 is 19.8 Å². The van der Waals surface area contributed by atoms with Gasteiger partial charge in [0, 0.05) is 6.54 Å². The van der Waals surface area contributed by atoms with E-state index in [0.717, 1.165) is 19.3 Å². The highest BCUT2D eigenvalue weighted by atomic mass is 31.2. The van der Waals surface area contributed by atoms with Crippen LogP contribution in [0.25, 0.3) is 0 Å². The molecule has 166 valence electrons. The number of phosphoric ester groups is 1. The Hall–Kier alpha value is -1.15. The SMILES string of the molecule is CCCCCCCCCCCCOP(=O)(O)OC(=O)[C@@H](N)CCCNC(=N)N. The minimum atomic E-state index is -4.43. The summed E-state index contributed by atoms with van der Waals surface area (Å²) in [6.45, 7) is 2.65. The maximum Gasteiger partial charge on any atom is 0.529 e. The first kappa shape index (κ1) is 26.9. The summed E-state index contributed by atoms with van der Waals surface area (Å²) in [6.07, 6.45) is 12.1. The van der Waals surface area contributed by atoms with Gasteiger partial charge in [0.1, 0.15) is 6.04 Å². The third kappa shape index (κ3) is 17.0. The fourth-order valence-corrected chi connectivity index (χ4v) is 3.42. The van der Waals surface area contributed by atoms with E-state index in [1.165, 1.54) is 38.5 Å². The van der Waals surface area contributed by atoms with Gasteiger partial charge in [-0.25, -0.2) is 9.36 Å². The summed E-state index contributed by atoms with van der Waals surface area (Å²) in [4.78, 5) is 21.3. The van der Waals surface area contributed by atoms with Crippen molar-refractivity contribution in [1.29, 1.82) is 5.41 Å². The Morgan fingerprint density at radius 2 is 1.61 bits per heavy atom. The van der Waals surface area contributed by atoms with Crippen LogP contribution in [0.3, 0.4) is 0 Å². The van der Waals surface area contributed by atoms with Gasteiger partial charge in [0.15, 0.2) is 5.96 Å². The molecule has 0 fully saturated rings. The van der Waals surface area contributed by atoms with Crippen molar-refractivity contribution in [1.82, 2.24) is 5.32 Å². The molecule has 0 bridgehead atoms. The standard InChI is InChI=1S/C18H39N4O5P/c1-2-3-4-5-6-7-8-9-10-11-15-26-28(24,25)27-17(23)16(19)13-12-14-22-18(20)21/h16H,2-15,19H2,1H3,(H,24,25)(H4,20,21,22)/t16-/m0/s1. The second kappa shape index (κ2) is 16.8. The van der Waals surface area contributed by atoms with Gasteiger partial charge in [-0.3, -0.25) is 14.8 Å². The second-order valence-corrected chi connectivity index (χ2v) is 8.36. The van der Waals surface area contributed by atoms with Crippen LogP contribution in [0.5, 0.6) is 0 Å². The number of nitrogens with one attached hydrogen (secondary N) is 2. The van der Waals surface area contributed by atoms with Crippen molar-refractivity contribution < 1.29 is 23.3 Å². The first-order valence-electron chi connectivity index (χ1n) is 10.3. The topological polar surface area (TPSA) is 161 Å². The Kier molecular flexibility index (Phi) is 16.1. The average Bonchev–Trinajstić information content (AvgIpc) is 2.62. The smallest absolute Gasteiger partial charge is 0.370 e. The van der Waals surface area contributed by atoms with Crippen LogP contribution in [0.2, 0.25) is 0 Å². The molecule has 0 aliphatic rings. The predicted molar refractivity (Wildman–Crippen MR) is 111 cm³/mol. The summed E-state index contributed by atoms with van der Waals surface area (Å²) in [5, 5.41) is 9.57. The molecular formula is C18H39N4O5P. The van der Waals surface area contributed by atoms with Gasteiger partial charge < -0.3 is 21.3 Å². The summed E-state index contributed by atoms with van der Waals surface area (Å²) in [6, 6.07) is -1.03. The van der Waals surface area contributed by atoms with Crippen LogP contribution in [-0.2, 0) is 18.4 Å². The molecule has 28 heavy (non-hydrogen) atoms. The van der Waals surface area contributed by atoms with Crippen molar-refractivity contribution in [3.05, 3.63) is 0 Å². The number of nitrogens with two attached hydrogens (primary N) is 2. The lowest BCUT2D eigenvalue weighted by atomic mass is 10.1. The normalized spacial score (nSPS) is 14.2.